The van der Waals surface area contributed by atoms with E-state index in [9.17, 15) is 19.2 Å². The summed E-state index contributed by atoms with van der Waals surface area (Å²) in [4.78, 5) is 56.8. The van der Waals surface area contributed by atoms with E-state index in [1.165, 1.54) is 23.3 Å². The SMILES string of the molecule is COC(=O)[C@@H](C)NCc1nn2cc(-c3cccc(-c4cccc(-c5ccc(CN(C[C@@H]6CCC(=O)N6)C(=O)OC(C)(C)C)c(OC)n5)c4Cl)c3Cl)cc2c(=O)n1C. The fraction of sp³-hybridized carbons (Fsp3) is 0.366. The van der Waals surface area contributed by atoms with E-state index >= 15 is 0 Å². The van der Waals surface area contributed by atoms with Gasteiger partial charge in [0.05, 0.1) is 43.0 Å². The molecule has 16 heteroatoms. The third-order valence-electron chi connectivity index (χ3n) is 9.60. The van der Waals surface area contributed by atoms with Gasteiger partial charge in [-0.05, 0) is 52.3 Å². The Kier molecular flexibility index (Phi) is 12.3. The maximum absolute atomic E-state index is 13.4. The van der Waals surface area contributed by atoms with Gasteiger partial charge in [-0.2, -0.15) is 5.10 Å². The first-order valence-corrected chi connectivity index (χ1v) is 19.1. The van der Waals surface area contributed by atoms with Gasteiger partial charge >= 0.3 is 12.1 Å². The molecule has 57 heavy (non-hydrogen) atoms. The van der Waals surface area contributed by atoms with Crippen LogP contribution in [0.3, 0.4) is 0 Å². The number of nitrogens with one attached hydrogen (secondary N) is 2. The monoisotopic (exact) mass is 817 g/mol. The van der Waals surface area contributed by atoms with Crippen LogP contribution in [0.1, 0.15) is 51.9 Å². The van der Waals surface area contributed by atoms with Gasteiger partial charge < -0.3 is 24.4 Å². The van der Waals surface area contributed by atoms with Gasteiger partial charge in [-0.15, -0.1) is 0 Å². The highest BCUT2D eigenvalue weighted by atomic mass is 35.5. The van der Waals surface area contributed by atoms with Crippen molar-refractivity contribution < 1.29 is 28.6 Å². The molecule has 0 spiro atoms. The fourth-order valence-corrected chi connectivity index (χ4v) is 7.28. The third kappa shape index (κ3) is 9.08. The molecule has 2 aromatic carbocycles. The van der Waals surface area contributed by atoms with Crippen LogP contribution in [0.15, 0.2) is 65.6 Å². The Morgan fingerprint density at radius 1 is 1.02 bits per heavy atom. The molecule has 4 heterocycles. The smallest absolute Gasteiger partial charge is 0.410 e. The van der Waals surface area contributed by atoms with Gasteiger partial charge in [-0.3, -0.25) is 24.3 Å². The zero-order valence-electron chi connectivity index (χ0n) is 32.8. The molecule has 2 N–H and O–H groups in total. The van der Waals surface area contributed by atoms with E-state index in [0.717, 1.165) is 0 Å². The Morgan fingerprint density at radius 2 is 1.68 bits per heavy atom. The first-order valence-electron chi connectivity index (χ1n) is 18.4. The van der Waals surface area contributed by atoms with E-state index in [4.69, 9.17) is 42.4 Å². The molecule has 0 saturated carbocycles. The van der Waals surface area contributed by atoms with Crippen molar-refractivity contribution in [2.24, 2.45) is 7.05 Å². The van der Waals surface area contributed by atoms with Crippen molar-refractivity contribution >= 4 is 46.7 Å². The fourth-order valence-electron chi connectivity index (χ4n) is 6.61. The van der Waals surface area contributed by atoms with E-state index in [0.29, 0.717) is 79.2 Å². The van der Waals surface area contributed by atoms with E-state index in [1.54, 1.807) is 51.9 Å². The van der Waals surface area contributed by atoms with E-state index < -0.39 is 23.7 Å². The molecule has 1 saturated heterocycles. The van der Waals surface area contributed by atoms with Gasteiger partial charge in [0.25, 0.3) is 5.56 Å². The number of hydrogen-bond acceptors (Lipinski definition) is 10. The molecule has 14 nitrogen and oxygen atoms in total. The molecule has 0 aliphatic carbocycles. The number of carbonyl (C=O) groups excluding carboxylic acids is 3. The largest absolute Gasteiger partial charge is 0.481 e. The van der Waals surface area contributed by atoms with Crippen LogP contribution in [0.2, 0.25) is 10.0 Å². The molecule has 3 aromatic heterocycles. The lowest BCUT2D eigenvalue weighted by Gasteiger charge is -2.29. The van der Waals surface area contributed by atoms with Crippen LogP contribution in [0.4, 0.5) is 4.79 Å². The molecule has 0 radical (unpaired) electrons. The molecule has 2 atom stereocenters. The van der Waals surface area contributed by atoms with Crippen molar-refractivity contribution in [3.05, 3.63) is 92.6 Å². The first-order chi connectivity index (χ1) is 27.1. The molecule has 0 unspecified atom stereocenters. The Bertz CT molecular complexity index is 2410. The second-order valence-corrected chi connectivity index (χ2v) is 15.6. The number of methoxy groups -OCH3 is 2. The van der Waals surface area contributed by atoms with Gasteiger partial charge in [0, 0.05) is 65.6 Å². The highest BCUT2D eigenvalue weighted by molar-refractivity contribution is 6.39. The molecule has 1 aliphatic heterocycles. The molecule has 2 amide bonds. The highest BCUT2D eigenvalue weighted by Crippen LogP contribution is 2.42. The number of hydrogen-bond donors (Lipinski definition) is 2. The summed E-state index contributed by atoms with van der Waals surface area (Å²) in [5.41, 5.74) is 3.83. The van der Waals surface area contributed by atoms with Crippen molar-refractivity contribution in [3.8, 4) is 39.4 Å². The van der Waals surface area contributed by atoms with Gasteiger partial charge in [0.15, 0.2) is 0 Å². The number of fused-ring (bicyclic) bond motifs is 1. The standard InChI is InChI=1S/C41H45Cl2N7O7/c1-23(39(53)56-7)44-19-33-47-50-21-25(18-32(50)38(52)48(33)5)27-10-8-11-28(35(27)42)29-12-9-13-30(36(29)43)31-16-14-24(37(46-31)55-6)20-49(40(54)57-41(2,3)4)22-26-15-17-34(51)45-26/h8-14,16,18,21,23,26,44H,15,17,19-20,22H2,1-7H3,(H,45,51)/t23-,26+/m1/s1. The first kappa shape index (κ1) is 41.2. The van der Waals surface area contributed by atoms with Crippen LogP contribution >= 0.6 is 23.2 Å². The number of benzene rings is 2. The number of ether oxygens (including phenoxy) is 3. The van der Waals surface area contributed by atoms with Crippen molar-refractivity contribution in [1.29, 1.82) is 0 Å². The summed E-state index contributed by atoms with van der Waals surface area (Å²) < 4.78 is 19.1. The normalized spacial score (nSPS) is 14.7. The molecular formula is C41H45Cl2N7O7. The van der Waals surface area contributed by atoms with Crippen LogP contribution in [-0.4, -0.2) is 80.5 Å². The number of esters is 1. The van der Waals surface area contributed by atoms with Crippen LogP contribution in [-0.2, 0) is 39.2 Å². The minimum atomic E-state index is -0.716. The second kappa shape index (κ2) is 17.0. The van der Waals surface area contributed by atoms with Crippen LogP contribution in [0.5, 0.6) is 5.88 Å². The van der Waals surface area contributed by atoms with E-state index in [-0.39, 0.29) is 37.1 Å². The summed E-state index contributed by atoms with van der Waals surface area (Å²) in [6, 6.07) is 15.8. The maximum atomic E-state index is 13.4. The van der Waals surface area contributed by atoms with Crippen molar-refractivity contribution in [2.45, 2.75) is 71.3 Å². The topological polar surface area (TPSA) is 158 Å². The average Bonchev–Trinajstić information content (AvgIpc) is 3.80. The Hall–Kier alpha value is -5.44. The van der Waals surface area contributed by atoms with E-state index in [1.807, 2.05) is 48.5 Å². The molecule has 5 aromatic rings. The van der Waals surface area contributed by atoms with Gasteiger partial charge in [-0.25, -0.2) is 14.3 Å². The number of aromatic nitrogens is 4. The molecule has 0 bridgehead atoms. The van der Waals surface area contributed by atoms with Crippen molar-refractivity contribution in [3.63, 3.8) is 0 Å². The second-order valence-electron chi connectivity index (χ2n) is 14.8. The number of halogens is 2. The van der Waals surface area contributed by atoms with Gasteiger partial charge in [0.2, 0.25) is 11.8 Å². The lowest BCUT2D eigenvalue weighted by atomic mass is 9.97. The number of rotatable bonds is 12. The van der Waals surface area contributed by atoms with Crippen molar-refractivity contribution in [2.75, 3.05) is 20.8 Å². The van der Waals surface area contributed by atoms with Gasteiger partial charge in [0.1, 0.15) is 23.0 Å². The average molecular weight is 819 g/mol. The molecule has 300 valence electrons. The summed E-state index contributed by atoms with van der Waals surface area (Å²) in [5.74, 6) is 0.253. The molecular weight excluding hydrogens is 773 g/mol. The Labute approximate surface area is 340 Å². The number of amides is 2. The molecule has 1 aliphatic rings. The summed E-state index contributed by atoms with van der Waals surface area (Å²) in [7, 11) is 4.45. The molecule has 1 fully saturated rings. The number of carbonyl (C=O) groups is 3. The zero-order chi connectivity index (χ0) is 41.2. The quantitative estimate of drug-likeness (QED) is 0.135. The summed E-state index contributed by atoms with van der Waals surface area (Å²) in [6.45, 7) is 7.63. The summed E-state index contributed by atoms with van der Waals surface area (Å²) in [5, 5.41) is 11.4. The van der Waals surface area contributed by atoms with Crippen LogP contribution in [0.25, 0.3) is 39.0 Å². The number of nitrogens with zero attached hydrogens (tertiary/aromatic N) is 5. The summed E-state index contributed by atoms with van der Waals surface area (Å²) in [6.07, 6.45) is 2.25. The predicted octanol–water partition coefficient (Wildman–Crippen LogP) is 6.41. The Morgan fingerprint density at radius 3 is 2.32 bits per heavy atom. The minimum absolute atomic E-state index is 0.0459. The summed E-state index contributed by atoms with van der Waals surface area (Å²) >= 11 is 14.3. The lowest BCUT2D eigenvalue weighted by molar-refractivity contribution is -0.142. The lowest BCUT2D eigenvalue weighted by Crippen LogP contribution is -2.43. The van der Waals surface area contributed by atoms with Crippen LogP contribution < -0.4 is 20.9 Å². The zero-order valence-corrected chi connectivity index (χ0v) is 34.3. The highest BCUT2D eigenvalue weighted by Gasteiger charge is 2.29. The third-order valence-corrected chi connectivity index (χ3v) is 10.4. The maximum Gasteiger partial charge on any atom is 0.410 e. The minimum Gasteiger partial charge on any atom is -0.481 e. The Balaban J connectivity index is 1.29. The van der Waals surface area contributed by atoms with Crippen LogP contribution in [0, 0.1) is 0 Å². The van der Waals surface area contributed by atoms with Crippen molar-refractivity contribution in [1.82, 2.24) is 34.7 Å². The predicted molar refractivity (Wildman–Crippen MR) is 217 cm³/mol. The van der Waals surface area contributed by atoms with E-state index in [2.05, 4.69) is 15.7 Å². The number of pyridine rings is 1. The molecule has 6 rings (SSSR count). The van der Waals surface area contributed by atoms with Gasteiger partial charge in [-0.1, -0.05) is 59.6 Å².